The summed E-state index contributed by atoms with van der Waals surface area (Å²) < 4.78 is 0. The average molecular weight is 428 g/mol. The Hall–Kier alpha value is -2.38. The van der Waals surface area contributed by atoms with Crippen LogP contribution in [0.2, 0.25) is 0 Å². The minimum absolute atomic E-state index is 0.0555. The third-order valence-electron chi connectivity index (χ3n) is 5.72. The zero-order chi connectivity index (χ0) is 21.3. The molecule has 1 saturated heterocycles. The van der Waals surface area contributed by atoms with Crippen molar-refractivity contribution in [3.63, 3.8) is 0 Å². The number of thiophene rings is 1. The molecule has 1 aliphatic rings. The monoisotopic (exact) mass is 427 g/mol. The Morgan fingerprint density at radius 1 is 1.27 bits per heavy atom. The van der Waals surface area contributed by atoms with Gasteiger partial charge >= 0.3 is 0 Å². The van der Waals surface area contributed by atoms with Crippen LogP contribution in [0, 0.1) is 5.92 Å². The van der Waals surface area contributed by atoms with Crippen LogP contribution in [0.25, 0.3) is 0 Å². The van der Waals surface area contributed by atoms with Gasteiger partial charge in [0.05, 0.1) is 0 Å². The normalized spacial score (nSPS) is 20.0. The Morgan fingerprint density at radius 3 is 2.87 bits per heavy atom. The number of piperidine rings is 1. The van der Waals surface area contributed by atoms with Crippen molar-refractivity contribution in [1.29, 1.82) is 0 Å². The molecule has 1 amide bonds. The van der Waals surface area contributed by atoms with Gasteiger partial charge in [-0.2, -0.15) is 0 Å². The van der Waals surface area contributed by atoms with Gasteiger partial charge in [0.1, 0.15) is 0 Å². The van der Waals surface area contributed by atoms with Crippen molar-refractivity contribution in [3.05, 3.63) is 57.8 Å². The molecular weight excluding hydrogens is 394 g/mol. The van der Waals surface area contributed by atoms with E-state index in [0.717, 1.165) is 37.6 Å². The van der Waals surface area contributed by atoms with E-state index in [4.69, 9.17) is 0 Å². The van der Waals surface area contributed by atoms with Gasteiger partial charge < -0.3 is 16.0 Å². The van der Waals surface area contributed by atoms with Crippen LogP contribution in [0.3, 0.4) is 0 Å². The van der Waals surface area contributed by atoms with Gasteiger partial charge in [0.25, 0.3) is 5.91 Å². The highest BCUT2D eigenvalue weighted by Gasteiger charge is 2.31. The fourth-order valence-corrected chi connectivity index (χ4v) is 5.15. The molecule has 2 unspecified atom stereocenters. The fourth-order valence-electron chi connectivity index (χ4n) is 4.17. The maximum absolute atomic E-state index is 11.8. The molecule has 6 nitrogen and oxygen atoms in total. The maximum atomic E-state index is 11.8. The second-order valence-corrected chi connectivity index (χ2v) is 8.73. The summed E-state index contributed by atoms with van der Waals surface area (Å²) in [6.07, 6.45) is 3.29. The van der Waals surface area contributed by atoms with E-state index in [-0.39, 0.29) is 5.91 Å². The van der Waals surface area contributed by atoms with E-state index in [1.807, 2.05) is 42.6 Å². The first-order valence-electron chi connectivity index (χ1n) is 10.6. The van der Waals surface area contributed by atoms with Crippen LogP contribution in [-0.2, 0) is 6.42 Å². The van der Waals surface area contributed by atoms with E-state index in [0.29, 0.717) is 17.5 Å². The third kappa shape index (κ3) is 5.83. The molecule has 1 fully saturated rings. The number of aliphatic imine (C=N–C) groups is 1. The molecule has 1 aliphatic heterocycles. The Bertz CT molecular complexity index is 836. The summed E-state index contributed by atoms with van der Waals surface area (Å²) in [4.78, 5) is 20.1. The van der Waals surface area contributed by atoms with E-state index in [1.54, 1.807) is 7.05 Å². The van der Waals surface area contributed by atoms with E-state index in [1.165, 1.54) is 17.7 Å². The molecule has 2 heterocycles. The smallest absolute Gasteiger partial charge is 0.251 e. The number of guanidine groups is 1. The van der Waals surface area contributed by atoms with Gasteiger partial charge in [-0.25, -0.2) is 0 Å². The molecule has 2 aromatic rings. The standard InChI is InChI=1S/C23H33N5OS/c1-24-22(29)18-8-4-7-17(15-18)11-12-26-23(25-2)27-16-19-9-5-13-28(3)21(19)20-10-6-14-30-20/h4,6-8,10,14-15,19,21H,5,9,11-13,16H2,1-3H3,(H,24,29)(H2,25,26,27). The zero-order valence-electron chi connectivity index (χ0n) is 18.1. The summed E-state index contributed by atoms with van der Waals surface area (Å²) in [6, 6.07) is 12.6. The van der Waals surface area contributed by atoms with Gasteiger partial charge in [0.2, 0.25) is 0 Å². The highest BCUT2D eigenvalue weighted by atomic mass is 32.1. The molecule has 0 bridgehead atoms. The van der Waals surface area contributed by atoms with E-state index >= 15 is 0 Å². The summed E-state index contributed by atoms with van der Waals surface area (Å²) in [5.74, 6) is 1.33. The first-order valence-corrected chi connectivity index (χ1v) is 11.5. The zero-order valence-corrected chi connectivity index (χ0v) is 19.0. The molecule has 3 rings (SSSR count). The van der Waals surface area contributed by atoms with Crippen LogP contribution in [0.1, 0.15) is 39.7 Å². The lowest BCUT2D eigenvalue weighted by molar-refractivity contribution is 0.0963. The highest BCUT2D eigenvalue weighted by molar-refractivity contribution is 7.10. The van der Waals surface area contributed by atoms with Gasteiger partial charge in [0, 0.05) is 43.7 Å². The minimum Gasteiger partial charge on any atom is -0.356 e. The van der Waals surface area contributed by atoms with Crippen LogP contribution >= 0.6 is 11.3 Å². The van der Waals surface area contributed by atoms with Crippen LogP contribution in [0.15, 0.2) is 46.8 Å². The summed E-state index contributed by atoms with van der Waals surface area (Å²) in [5, 5.41) is 11.8. The van der Waals surface area contributed by atoms with Gasteiger partial charge in [-0.3, -0.25) is 14.7 Å². The minimum atomic E-state index is -0.0555. The molecule has 1 aromatic carbocycles. The molecule has 0 aliphatic carbocycles. The van der Waals surface area contributed by atoms with E-state index in [9.17, 15) is 4.79 Å². The number of carbonyl (C=O) groups excluding carboxylic acids is 1. The van der Waals surface area contributed by atoms with Gasteiger partial charge in [0.15, 0.2) is 5.96 Å². The van der Waals surface area contributed by atoms with Crippen molar-refractivity contribution in [1.82, 2.24) is 20.9 Å². The highest BCUT2D eigenvalue weighted by Crippen LogP contribution is 2.36. The Kier molecular flexibility index (Phi) is 8.28. The van der Waals surface area contributed by atoms with E-state index < -0.39 is 0 Å². The van der Waals surface area contributed by atoms with Gasteiger partial charge in [-0.15, -0.1) is 11.3 Å². The molecule has 7 heteroatoms. The molecule has 30 heavy (non-hydrogen) atoms. The predicted octanol–water partition coefficient (Wildman–Crippen LogP) is 2.90. The lowest BCUT2D eigenvalue weighted by Gasteiger charge is -2.39. The number of amides is 1. The average Bonchev–Trinajstić information content (AvgIpc) is 3.30. The van der Waals surface area contributed by atoms with Crippen LogP contribution < -0.4 is 16.0 Å². The summed E-state index contributed by atoms with van der Waals surface area (Å²) in [6.45, 7) is 2.82. The molecular formula is C23H33N5OS. The fraction of sp³-hybridized carbons (Fsp3) is 0.478. The third-order valence-corrected chi connectivity index (χ3v) is 6.66. The molecule has 0 radical (unpaired) electrons. The number of carbonyl (C=O) groups is 1. The number of nitrogens with one attached hydrogen (secondary N) is 3. The quantitative estimate of drug-likeness (QED) is 0.469. The largest absolute Gasteiger partial charge is 0.356 e. The van der Waals surface area contributed by atoms with Gasteiger partial charge in [-0.1, -0.05) is 18.2 Å². The number of hydrogen-bond donors (Lipinski definition) is 3. The molecule has 162 valence electrons. The van der Waals surface area contributed by atoms with Crippen LogP contribution in [0.4, 0.5) is 0 Å². The van der Waals surface area contributed by atoms with Crippen molar-refractivity contribution >= 4 is 23.2 Å². The molecule has 0 spiro atoms. The number of likely N-dealkylation sites (tertiary alicyclic amines) is 1. The summed E-state index contributed by atoms with van der Waals surface area (Å²) in [7, 11) is 5.70. The number of benzene rings is 1. The van der Waals surface area contributed by atoms with Crippen molar-refractivity contribution in [3.8, 4) is 0 Å². The second kappa shape index (κ2) is 11.1. The SMILES string of the molecule is CN=C(NCCc1cccc(C(=O)NC)c1)NCC1CCCN(C)C1c1cccs1. The predicted molar refractivity (Wildman–Crippen MR) is 125 cm³/mol. The van der Waals surface area contributed by atoms with Crippen LogP contribution in [-0.4, -0.2) is 57.5 Å². The number of hydrogen-bond acceptors (Lipinski definition) is 4. The summed E-state index contributed by atoms with van der Waals surface area (Å²) >= 11 is 1.85. The Labute approximate surface area is 183 Å². The van der Waals surface area contributed by atoms with Crippen molar-refractivity contribution in [2.75, 3.05) is 40.8 Å². The van der Waals surface area contributed by atoms with Crippen molar-refractivity contribution in [2.24, 2.45) is 10.9 Å². The topological polar surface area (TPSA) is 68.8 Å². The van der Waals surface area contributed by atoms with E-state index in [2.05, 4.69) is 50.4 Å². The van der Waals surface area contributed by atoms with Gasteiger partial charge in [-0.05, 0) is 67.9 Å². The Balaban J connectivity index is 1.50. The number of rotatable bonds is 7. The summed E-state index contributed by atoms with van der Waals surface area (Å²) in [5.41, 5.74) is 1.82. The Morgan fingerprint density at radius 2 is 2.13 bits per heavy atom. The maximum Gasteiger partial charge on any atom is 0.251 e. The molecule has 0 saturated carbocycles. The second-order valence-electron chi connectivity index (χ2n) is 7.75. The molecule has 3 N–H and O–H groups in total. The molecule has 2 atom stereocenters. The lowest BCUT2D eigenvalue weighted by Crippen LogP contribution is -2.45. The van der Waals surface area contributed by atoms with Crippen LogP contribution in [0.5, 0.6) is 0 Å². The lowest BCUT2D eigenvalue weighted by atomic mass is 9.88. The van der Waals surface area contributed by atoms with Crippen molar-refractivity contribution < 1.29 is 4.79 Å². The number of nitrogens with zero attached hydrogens (tertiary/aromatic N) is 2. The van der Waals surface area contributed by atoms with Crippen molar-refractivity contribution in [2.45, 2.75) is 25.3 Å². The first-order chi connectivity index (χ1) is 14.6. The first kappa shape index (κ1) is 22.3. The molecule has 1 aromatic heterocycles.